The minimum absolute atomic E-state index is 0.00742. The lowest BCUT2D eigenvalue weighted by Gasteiger charge is -2.32. The van der Waals surface area contributed by atoms with Crippen molar-refractivity contribution in [1.82, 2.24) is 24.5 Å². The first-order chi connectivity index (χ1) is 21.4. The zero-order valence-electron chi connectivity index (χ0n) is 26.3. The number of ether oxygens (including phenoxy) is 1. The van der Waals surface area contributed by atoms with Gasteiger partial charge in [-0.1, -0.05) is 48.5 Å². The molecule has 5 rings (SSSR count). The molecule has 1 atom stereocenters. The van der Waals surface area contributed by atoms with Crippen LogP contribution in [0.1, 0.15) is 38.5 Å². The summed E-state index contributed by atoms with van der Waals surface area (Å²) < 4.78 is 5.78. The second-order valence-electron chi connectivity index (χ2n) is 12.4. The molecule has 10 nitrogen and oxygen atoms in total. The number of hydrogen-bond donors (Lipinski definition) is 1. The normalized spacial score (nSPS) is 19.9. The second kappa shape index (κ2) is 15.4. The Balaban J connectivity index is 0.961. The van der Waals surface area contributed by atoms with E-state index in [2.05, 4.69) is 15.1 Å². The van der Waals surface area contributed by atoms with E-state index in [1.165, 1.54) is 0 Å². The number of amides is 4. The molecular formula is C34H48N6O4. The molecule has 3 aliphatic heterocycles. The zero-order chi connectivity index (χ0) is 30.9. The molecule has 1 N–H and O–H groups in total. The molecular weight excluding hydrogens is 556 g/mol. The number of likely N-dealkylation sites (tertiary alicyclic amines) is 2. The lowest BCUT2D eigenvalue weighted by atomic mass is 10.0. The number of nitrogens with one attached hydrogen (secondary N) is 1. The van der Waals surface area contributed by atoms with E-state index in [1.54, 1.807) is 4.90 Å². The van der Waals surface area contributed by atoms with Crippen LogP contribution in [0.25, 0.3) is 11.1 Å². The standard InChI is InChI=1S/C34H48N6O4/c1-36(2)32(41)31-15-8-19-38(31)20-10-22-40-26-25-39(34(40)43)21-9-18-37-23-16-28(17-24-37)44-33(42)35-30-14-7-6-13-29(30)27-11-4-3-5-12-27/h3-7,11-14,28,31H,8-10,15-26H2,1-2H3,(H,35,42)/t31-/m0/s1. The van der Waals surface area contributed by atoms with Crippen LogP contribution in [0.2, 0.25) is 0 Å². The van der Waals surface area contributed by atoms with Crippen LogP contribution in [0.15, 0.2) is 54.6 Å². The van der Waals surface area contributed by atoms with Crippen LogP contribution < -0.4 is 5.32 Å². The highest BCUT2D eigenvalue weighted by Gasteiger charge is 2.32. The van der Waals surface area contributed by atoms with Gasteiger partial charge >= 0.3 is 12.1 Å². The number of carbonyl (C=O) groups excluding carboxylic acids is 3. The van der Waals surface area contributed by atoms with Gasteiger partial charge in [0.05, 0.1) is 11.7 Å². The van der Waals surface area contributed by atoms with Crippen LogP contribution in [0, 0.1) is 0 Å². The number of rotatable bonds is 12. The summed E-state index contributed by atoms with van der Waals surface area (Å²) in [4.78, 5) is 48.4. The van der Waals surface area contributed by atoms with Gasteiger partial charge in [-0.25, -0.2) is 9.59 Å². The SMILES string of the molecule is CN(C)C(=O)[C@@H]1CCCN1CCCN1CCN(CCCN2CCC(OC(=O)Nc3ccccc3-c3ccccc3)CC2)C1=O. The van der Waals surface area contributed by atoms with E-state index in [0.29, 0.717) is 0 Å². The van der Waals surface area contributed by atoms with Crippen LogP contribution in [0.4, 0.5) is 15.3 Å². The smallest absolute Gasteiger partial charge is 0.411 e. The molecule has 10 heteroatoms. The fourth-order valence-corrected chi connectivity index (χ4v) is 6.67. The third-order valence-corrected chi connectivity index (χ3v) is 9.10. The first-order valence-corrected chi connectivity index (χ1v) is 16.2. The molecule has 3 saturated heterocycles. The van der Waals surface area contributed by atoms with E-state index in [0.717, 1.165) is 114 Å². The molecule has 44 heavy (non-hydrogen) atoms. The number of para-hydroxylation sites is 1. The van der Waals surface area contributed by atoms with E-state index >= 15 is 0 Å². The van der Waals surface area contributed by atoms with Crippen molar-refractivity contribution in [3.63, 3.8) is 0 Å². The van der Waals surface area contributed by atoms with Crippen molar-refractivity contribution in [2.45, 2.75) is 50.7 Å². The Labute approximate surface area is 261 Å². The van der Waals surface area contributed by atoms with E-state index in [1.807, 2.05) is 78.5 Å². The van der Waals surface area contributed by atoms with Crippen LogP contribution in [-0.2, 0) is 9.53 Å². The van der Waals surface area contributed by atoms with Crippen molar-refractivity contribution in [3.05, 3.63) is 54.6 Å². The summed E-state index contributed by atoms with van der Waals surface area (Å²) in [6.07, 6.45) is 4.93. The number of likely N-dealkylation sites (N-methyl/N-ethyl adjacent to an activating group) is 1. The molecule has 0 saturated carbocycles. The molecule has 3 fully saturated rings. The molecule has 2 aromatic carbocycles. The van der Waals surface area contributed by atoms with Crippen molar-refractivity contribution in [2.75, 3.05) is 78.3 Å². The second-order valence-corrected chi connectivity index (χ2v) is 12.4. The lowest BCUT2D eigenvalue weighted by molar-refractivity contribution is -0.133. The van der Waals surface area contributed by atoms with E-state index in [4.69, 9.17) is 4.74 Å². The van der Waals surface area contributed by atoms with E-state index < -0.39 is 6.09 Å². The Morgan fingerprint density at radius 2 is 1.48 bits per heavy atom. The molecule has 0 bridgehead atoms. The van der Waals surface area contributed by atoms with Crippen LogP contribution >= 0.6 is 0 Å². The number of urea groups is 1. The summed E-state index contributed by atoms with van der Waals surface area (Å²) in [7, 11) is 3.64. The minimum atomic E-state index is -0.411. The Kier molecular flexibility index (Phi) is 11.1. The topological polar surface area (TPSA) is 88.7 Å². The maximum atomic E-state index is 13.0. The van der Waals surface area contributed by atoms with Crippen LogP contribution in [-0.4, -0.2) is 128 Å². The summed E-state index contributed by atoms with van der Waals surface area (Å²) in [6, 6.07) is 17.9. The van der Waals surface area contributed by atoms with Gasteiger partial charge in [-0.15, -0.1) is 0 Å². The monoisotopic (exact) mass is 604 g/mol. The fraction of sp³-hybridized carbons (Fsp3) is 0.559. The first kappa shape index (κ1) is 31.8. The molecule has 4 amide bonds. The van der Waals surface area contributed by atoms with E-state index in [-0.39, 0.29) is 24.1 Å². The van der Waals surface area contributed by atoms with Gasteiger partial charge < -0.3 is 24.3 Å². The van der Waals surface area contributed by atoms with Crippen LogP contribution in [0.5, 0.6) is 0 Å². The third kappa shape index (κ3) is 8.30. The summed E-state index contributed by atoms with van der Waals surface area (Å²) in [5, 5.41) is 2.94. The molecule has 0 aromatic heterocycles. The molecule has 3 aliphatic rings. The van der Waals surface area contributed by atoms with Gasteiger partial charge in [-0.05, 0) is 63.2 Å². The zero-order valence-corrected chi connectivity index (χ0v) is 26.3. The Hall–Kier alpha value is -3.63. The van der Waals surface area contributed by atoms with Crippen molar-refractivity contribution < 1.29 is 19.1 Å². The highest BCUT2D eigenvalue weighted by Crippen LogP contribution is 2.28. The van der Waals surface area contributed by atoms with Gasteiger partial charge in [-0.3, -0.25) is 15.0 Å². The highest BCUT2D eigenvalue weighted by atomic mass is 16.6. The van der Waals surface area contributed by atoms with Gasteiger partial charge in [0.2, 0.25) is 5.91 Å². The Bertz CT molecular complexity index is 1250. The fourth-order valence-electron chi connectivity index (χ4n) is 6.67. The largest absolute Gasteiger partial charge is 0.446 e. The molecule has 0 radical (unpaired) electrons. The summed E-state index contributed by atoms with van der Waals surface area (Å²) in [5.74, 6) is 0.189. The van der Waals surface area contributed by atoms with Gasteiger partial charge in [0.15, 0.2) is 0 Å². The number of benzene rings is 2. The molecule has 0 aliphatic carbocycles. The highest BCUT2D eigenvalue weighted by molar-refractivity contribution is 5.91. The first-order valence-electron chi connectivity index (χ1n) is 16.2. The third-order valence-electron chi connectivity index (χ3n) is 9.10. The van der Waals surface area contributed by atoms with E-state index in [9.17, 15) is 14.4 Å². The van der Waals surface area contributed by atoms with Crippen molar-refractivity contribution in [1.29, 1.82) is 0 Å². The number of nitrogens with zero attached hydrogens (tertiary/aromatic N) is 5. The van der Waals surface area contributed by atoms with Gasteiger partial charge in [-0.2, -0.15) is 0 Å². The molecule has 0 unspecified atom stereocenters. The number of carbonyl (C=O) groups is 3. The van der Waals surface area contributed by atoms with Crippen molar-refractivity contribution in [3.8, 4) is 11.1 Å². The van der Waals surface area contributed by atoms with Gasteiger partial charge in [0.1, 0.15) is 6.10 Å². The number of hydrogen-bond acceptors (Lipinski definition) is 6. The predicted octanol–water partition coefficient (Wildman–Crippen LogP) is 4.44. The molecule has 3 heterocycles. The number of piperidine rings is 1. The van der Waals surface area contributed by atoms with Crippen LogP contribution in [0.3, 0.4) is 0 Å². The average molecular weight is 605 g/mol. The Morgan fingerprint density at radius 3 is 2.18 bits per heavy atom. The van der Waals surface area contributed by atoms with Crippen molar-refractivity contribution >= 4 is 23.7 Å². The lowest BCUT2D eigenvalue weighted by Crippen LogP contribution is -2.43. The summed E-state index contributed by atoms with van der Waals surface area (Å²) in [5.41, 5.74) is 2.76. The minimum Gasteiger partial charge on any atom is -0.446 e. The summed E-state index contributed by atoms with van der Waals surface area (Å²) >= 11 is 0. The maximum absolute atomic E-state index is 13.0. The predicted molar refractivity (Wildman–Crippen MR) is 173 cm³/mol. The maximum Gasteiger partial charge on any atom is 0.411 e. The molecule has 2 aromatic rings. The van der Waals surface area contributed by atoms with Crippen molar-refractivity contribution in [2.24, 2.45) is 0 Å². The average Bonchev–Trinajstić information content (AvgIpc) is 3.64. The Morgan fingerprint density at radius 1 is 0.818 bits per heavy atom. The van der Waals surface area contributed by atoms with Gasteiger partial charge in [0.25, 0.3) is 0 Å². The quantitative estimate of drug-likeness (QED) is 0.386. The summed E-state index contributed by atoms with van der Waals surface area (Å²) in [6.45, 7) is 7.58. The van der Waals surface area contributed by atoms with Gasteiger partial charge in [0, 0.05) is 65.5 Å². The molecule has 238 valence electrons. The number of anilines is 1. The molecule has 0 spiro atoms.